The lowest BCUT2D eigenvalue weighted by atomic mass is 9.90. The SMILES string of the molecule is NCC(c1ccc(Br)cc1)C(O)c1csc(I)c1. The van der Waals surface area contributed by atoms with Gasteiger partial charge in [-0.3, -0.25) is 0 Å². The molecule has 18 heavy (non-hydrogen) atoms. The summed E-state index contributed by atoms with van der Waals surface area (Å²) in [5, 5.41) is 12.4. The van der Waals surface area contributed by atoms with Gasteiger partial charge in [0.05, 0.1) is 8.99 Å². The van der Waals surface area contributed by atoms with E-state index in [1.807, 2.05) is 35.7 Å². The molecule has 0 amide bonds. The quantitative estimate of drug-likeness (QED) is 0.712. The van der Waals surface area contributed by atoms with E-state index in [1.54, 1.807) is 11.3 Å². The van der Waals surface area contributed by atoms with Gasteiger partial charge in [-0.25, -0.2) is 0 Å². The number of hydrogen-bond donors (Lipinski definition) is 2. The molecule has 1 aromatic heterocycles. The third kappa shape index (κ3) is 3.33. The van der Waals surface area contributed by atoms with Crippen molar-refractivity contribution in [3.05, 3.63) is 54.2 Å². The Kier molecular flexibility index (Phi) is 5.20. The van der Waals surface area contributed by atoms with Gasteiger partial charge in [-0.05, 0) is 57.3 Å². The first-order valence-corrected chi connectivity index (χ1v) is 8.24. The molecule has 2 atom stereocenters. The summed E-state index contributed by atoms with van der Waals surface area (Å²) < 4.78 is 2.20. The molecule has 1 heterocycles. The van der Waals surface area contributed by atoms with Crippen LogP contribution < -0.4 is 5.73 Å². The molecular formula is C13H13BrINOS. The topological polar surface area (TPSA) is 46.2 Å². The van der Waals surface area contributed by atoms with Crippen molar-refractivity contribution in [1.29, 1.82) is 0 Å². The Morgan fingerprint density at radius 1 is 1.28 bits per heavy atom. The van der Waals surface area contributed by atoms with Crippen LogP contribution in [-0.2, 0) is 0 Å². The molecule has 3 N–H and O–H groups in total. The predicted molar refractivity (Wildman–Crippen MR) is 87.9 cm³/mol. The Morgan fingerprint density at radius 2 is 1.94 bits per heavy atom. The van der Waals surface area contributed by atoms with Gasteiger partial charge in [-0.2, -0.15) is 0 Å². The zero-order chi connectivity index (χ0) is 13.1. The minimum Gasteiger partial charge on any atom is -0.388 e. The molecule has 2 aromatic rings. The van der Waals surface area contributed by atoms with E-state index in [4.69, 9.17) is 5.73 Å². The molecule has 0 fully saturated rings. The van der Waals surface area contributed by atoms with E-state index in [1.165, 1.54) is 2.88 Å². The van der Waals surface area contributed by atoms with Crippen molar-refractivity contribution < 1.29 is 5.11 Å². The van der Waals surface area contributed by atoms with Crippen LogP contribution in [0.4, 0.5) is 0 Å². The number of aliphatic hydroxyl groups is 1. The van der Waals surface area contributed by atoms with Crippen molar-refractivity contribution >= 4 is 49.9 Å². The van der Waals surface area contributed by atoms with Gasteiger partial charge in [-0.15, -0.1) is 11.3 Å². The van der Waals surface area contributed by atoms with Gasteiger partial charge >= 0.3 is 0 Å². The highest BCUT2D eigenvalue weighted by Crippen LogP contribution is 2.33. The summed E-state index contributed by atoms with van der Waals surface area (Å²) in [7, 11) is 0. The third-order valence-corrected chi connectivity index (χ3v) is 5.20. The fourth-order valence-electron chi connectivity index (χ4n) is 1.87. The standard InChI is InChI=1S/C13H13BrINOS/c14-10-3-1-8(2-4-10)11(6-16)13(17)9-5-12(15)18-7-9/h1-5,7,11,13,17H,6,16H2. The second kappa shape index (κ2) is 6.47. The first-order valence-electron chi connectivity index (χ1n) is 5.49. The van der Waals surface area contributed by atoms with Crippen molar-refractivity contribution in [2.24, 2.45) is 5.73 Å². The molecule has 0 radical (unpaired) electrons. The molecule has 2 rings (SSSR count). The second-order valence-corrected chi connectivity index (χ2v) is 7.74. The minimum atomic E-state index is -0.545. The fraction of sp³-hybridized carbons (Fsp3) is 0.231. The van der Waals surface area contributed by atoms with E-state index in [9.17, 15) is 5.11 Å². The minimum absolute atomic E-state index is 0.0662. The molecule has 0 bridgehead atoms. The van der Waals surface area contributed by atoms with Gasteiger partial charge in [0.2, 0.25) is 0 Å². The molecule has 1 aromatic carbocycles. The van der Waals surface area contributed by atoms with Gasteiger partial charge in [-0.1, -0.05) is 28.1 Å². The smallest absolute Gasteiger partial charge is 0.0879 e. The van der Waals surface area contributed by atoms with Crippen LogP contribution in [0.3, 0.4) is 0 Å². The van der Waals surface area contributed by atoms with E-state index in [-0.39, 0.29) is 5.92 Å². The lowest BCUT2D eigenvalue weighted by molar-refractivity contribution is 0.148. The highest BCUT2D eigenvalue weighted by atomic mass is 127. The van der Waals surface area contributed by atoms with Gasteiger partial charge in [0.25, 0.3) is 0 Å². The van der Waals surface area contributed by atoms with Crippen LogP contribution in [0.15, 0.2) is 40.2 Å². The first kappa shape index (κ1) is 14.5. The summed E-state index contributed by atoms with van der Waals surface area (Å²) in [6.45, 7) is 0.426. The van der Waals surface area contributed by atoms with E-state index in [2.05, 4.69) is 38.5 Å². The largest absolute Gasteiger partial charge is 0.388 e. The molecule has 0 aliphatic rings. The Hall–Kier alpha value is 0.0500. The number of halogens is 2. The highest BCUT2D eigenvalue weighted by Gasteiger charge is 2.22. The maximum atomic E-state index is 10.4. The molecule has 0 saturated heterocycles. The number of rotatable bonds is 4. The number of aliphatic hydroxyl groups excluding tert-OH is 1. The van der Waals surface area contributed by atoms with Crippen molar-refractivity contribution in [3.8, 4) is 0 Å². The summed E-state index contributed by atoms with van der Waals surface area (Å²) in [6, 6.07) is 9.96. The summed E-state index contributed by atoms with van der Waals surface area (Å²) in [6.07, 6.45) is -0.545. The molecule has 0 spiro atoms. The maximum absolute atomic E-state index is 10.4. The number of benzene rings is 1. The Morgan fingerprint density at radius 3 is 2.44 bits per heavy atom. The molecular weight excluding hydrogens is 425 g/mol. The summed E-state index contributed by atoms with van der Waals surface area (Å²) >= 11 is 7.30. The van der Waals surface area contributed by atoms with Crippen LogP contribution in [0.5, 0.6) is 0 Å². The second-order valence-electron chi connectivity index (χ2n) is 4.02. The summed E-state index contributed by atoms with van der Waals surface area (Å²) in [5.74, 6) is -0.0662. The highest BCUT2D eigenvalue weighted by molar-refractivity contribution is 14.1. The zero-order valence-electron chi connectivity index (χ0n) is 9.51. The summed E-state index contributed by atoms with van der Waals surface area (Å²) in [5.41, 5.74) is 7.83. The van der Waals surface area contributed by atoms with E-state index >= 15 is 0 Å². The molecule has 2 nitrogen and oxygen atoms in total. The van der Waals surface area contributed by atoms with E-state index < -0.39 is 6.10 Å². The van der Waals surface area contributed by atoms with Crippen molar-refractivity contribution in [2.75, 3.05) is 6.54 Å². The first-order chi connectivity index (χ1) is 8.61. The van der Waals surface area contributed by atoms with Crippen LogP contribution in [-0.4, -0.2) is 11.7 Å². The lowest BCUT2D eigenvalue weighted by Crippen LogP contribution is -2.19. The van der Waals surface area contributed by atoms with Gasteiger partial charge in [0, 0.05) is 16.9 Å². The normalized spacial score (nSPS) is 14.4. The van der Waals surface area contributed by atoms with Crippen LogP contribution in [0.2, 0.25) is 0 Å². The van der Waals surface area contributed by atoms with Gasteiger partial charge in [0.15, 0.2) is 0 Å². The fourth-order valence-corrected chi connectivity index (χ4v) is 3.53. The van der Waals surface area contributed by atoms with Gasteiger partial charge < -0.3 is 10.8 Å². The molecule has 0 aliphatic carbocycles. The van der Waals surface area contributed by atoms with Crippen LogP contribution in [0.25, 0.3) is 0 Å². The Bertz CT molecular complexity index is 514. The third-order valence-electron chi connectivity index (χ3n) is 2.86. The van der Waals surface area contributed by atoms with Crippen molar-refractivity contribution in [1.82, 2.24) is 0 Å². The molecule has 96 valence electrons. The van der Waals surface area contributed by atoms with Crippen LogP contribution in [0, 0.1) is 2.88 Å². The predicted octanol–water partition coefficient (Wildman–Crippen LogP) is 3.89. The van der Waals surface area contributed by atoms with Crippen LogP contribution >= 0.6 is 49.9 Å². The summed E-state index contributed by atoms with van der Waals surface area (Å²) in [4.78, 5) is 0. The lowest BCUT2D eigenvalue weighted by Gasteiger charge is -2.21. The Balaban J connectivity index is 2.25. The van der Waals surface area contributed by atoms with Gasteiger partial charge in [0.1, 0.15) is 0 Å². The van der Waals surface area contributed by atoms with E-state index in [0.717, 1.165) is 15.6 Å². The van der Waals surface area contributed by atoms with E-state index in [0.29, 0.717) is 6.54 Å². The number of thiophene rings is 1. The molecule has 5 heteroatoms. The average molecular weight is 438 g/mol. The number of nitrogens with two attached hydrogens (primary N) is 1. The maximum Gasteiger partial charge on any atom is 0.0879 e. The molecule has 0 aliphatic heterocycles. The monoisotopic (exact) mass is 437 g/mol. The molecule has 2 unspecified atom stereocenters. The average Bonchev–Trinajstić information content (AvgIpc) is 2.79. The Labute approximate surface area is 132 Å². The molecule has 0 saturated carbocycles. The van der Waals surface area contributed by atoms with Crippen LogP contribution in [0.1, 0.15) is 23.1 Å². The zero-order valence-corrected chi connectivity index (χ0v) is 14.1. The van der Waals surface area contributed by atoms with Crippen molar-refractivity contribution in [3.63, 3.8) is 0 Å². The number of hydrogen-bond acceptors (Lipinski definition) is 3. The van der Waals surface area contributed by atoms with Crippen molar-refractivity contribution in [2.45, 2.75) is 12.0 Å².